The summed E-state index contributed by atoms with van der Waals surface area (Å²) in [6.07, 6.45) is 4.10. The molecule has 1 fully saturated rings. The second-order valence-corrected chi connectivity index (χ2v) is 6.21. The Bertz CT molecular complexity index is 344. The number of benzene rings is 1. The summed E-state index contributed by atoms with van der Waals surface area (Å²) in [6, 6.07) is 10.2. The summed E-state index contributed by atoms with van der Waals surface area (Å²) in [4.78, 5) is 0. The van der Waals surface area contributed by atoms with Crippen LogP contribution in [0.5, 0.6) is 5.75 Å². The van der Waals surface area contributed by atoms with E-state index < -0.39 is 0 Å². The summed E-state index contributed by atoms with van der Waals surface area (Å²) in [7, 11) is 0. The molecule has 1 aromatic carbocycles. The van der Waals surface area contributed by atoms with E-state index >= 15 is 0 Å². The van der Waals surface area contributed by atoms with Crippen molar-refractivity contribution in [3.05, 3.63) is 30.3 Å². The van der Waals surface area contributed by atoms with Crippen molar-refractivity contribution in [2.24, 2.45) is 23.7 Å². The number of hydrogen-bond acceptors (Lipinski definition) is 1. The number of ether oxygens (including phenoxy) is 1. The summed E-state index contributed by atoms with van der Waals surface area (Å²) in [5.41, 5.74) is 0. The van der Waals surface area contributed by atoms with Crippen molar-refractivity contribution in [2.75, 3.05) is 6.61 Å². The molecule has 0 saturated heterocycles. The normalized spacial score (nSPS) is 28.3. The Labute approximate surface area is 112 Å². The van der Waals surface area contributed by atoms with Crippen LogP contribution in [0.1, 0.15) is 40.0 Å². The highest BCUT2D eigenvalue weighted by atomic mass is 16.5. The molecule has 0 bridgehead atoms. The minimum Gasteiger partial charge on any atom is -0.493 e. The van der Waals surface area contributed by atoms with Gasteiger partial charge in [-0.1, -0.05) is 45.4 Å². The Morgan fingerprint density at radius 2 is 1.89 bits per heavy atom. The van der Waals surface area contributed by atoms with Crippen LogP contribution in [-0.2, 0) is 0 Å². The van der Waals surface area contributed by atoms with Crippen LogP contribution < -0.4 is 4.74 Å². The lowest BCUT2D eigenvalue weighted by Crippen LogP contribution is -2.31. The molecule has 2 rings (SSSR count). The third-order valence-electron chi connectivity index (χ3n) is 4.37. The van der Waals surface area contributed by atoms with Crippen LogP contribution in [0.15, 0.2) is 30.3 Å². The van der Waals surface area contributed by atoms with Crippen LogP contribution in [-0.4, -0.2) is 6.61 Å². The topological polar surface area (TPSA) is 9.23 Å². The van der Waals surface area contributed by atoms with E-state index in [9.17, 15) is 0 Å². The van der Waals surface area contributed by atoms with Gasteiger partial charge in [-0.25, -0.2) is 0 Å². The second-order valence-electron chi connectivity index (χ2n) is 6.21. The predicted molar refractivity (Wildman–Crippen MR) is 76.8 cm³/mol. The van der Waals surface area contributed by atoms with Crippen molar-refractivity contribution in [2.45, 2.75) is 40.0 Å². The van der Waals surface area contributed by atoms with Crippen molar-refractivity contribution in [1.29, 1.82) is 0 Å². The van der Waals surface area contributed by atoms with Crippen LogP contribution in [0, 0.1) is 23.7 Å². The van der Waals surface area contributed by atoms with E-state index in [1.165, 1.54) is 19.3 Å². The lowest BCUT2D eigenvalue weighted by Gasteiger charge is -2.37. The van der Waals surface area contributed by atoms with Gasteiger partial charge in [0.15, 0.2) is 0 Å². The SMILES string of the molecule is CC1CCC(C(C)C)C(COc2ccccc2)C1. The van der Waals surface area contributed by atoms with E-state index in [4.69, 9.17) is 4.74 Å². The van der Waals surface area contributed by atoms with Gasteiger partial charge in [-0.2, -0.15) is 0 Å². The van der Waals surface area contributed by atoms with Crippen molar-refractivity contribution < 1.29 is 4.74 Å². The molecule has 0 radical (unpaired) electrons. The summed E-state index contributed by atoms with van der Waals surface area (Å²) in [5, 5.41) is 0. The monoisotopic (exact) mass is 246 g/mol. The quantitative estimate of drug-likeness (QED) is 0.743. The minimum absolute atomic E-state index is 0.731. The summed E-state index contributed by atoms with van der Waals surface area (Å²) < 4.78 is 5.97. The fourth-order valence-corrected chi connectivity index (χ4v) is 3.31. The van der Waals surface area contributed by atoms with Gasteiger partial charge in [-0.3, -0.25) is 0 Å². The van der Waals surface area contributed by atoms with Gasteiger partial charge in [0.2, 0.25) is 0 Å². The molecule has 0 spiro atoms. The average Bonchev–Trinajstić information content (AvgIpc) is 2.37. The van der Waals surface area contributed by atoms with Gasteiger partial charge in [-0.05, 0) is 48.6 Å². The number of hydrogen-bond donors (Lipinski definition) is 0. The molecular formula is C17H26O. The molecule has 3 atom stereocenters. The first-order valence-electron chi connectivity index (χ1n) is 7.34. The van der Waals surface area contributed by atoms with Crippen molar-refractivity contribution in [3.8, 4) is 5.75 Å². The second kappa shape index (κ2) is 6.26. The zero-order valence-corrected chi connectivity index (χ0v) is 11.9. The molecule has 0 N–H and O–H groups in total. The molecule has 0 amide bonds. The first-order valence-corrected chi connectivity index (χ1v) is 7.34. The number of para-hydroxylation sites is 1. The van der Waals surface area contributed by atoms with E-state index in [0.29, 0.717) is 0 Å². The third kappa shape index (κ3) is 3.51. The molecule has 3 unspecified atom stereocenters. The first kappa shape index (κ1) is 13.5. The molecule has 1 aliphatic rings. The van der Waals surface area contributed by atoms with Gasteiger partial charge in [0.25, 0.3) is 0 Å². The fourth-order valence-electron chi connectivity index (χ4n) is 3.31. The Morgan fingerprint density at radius 1 is 1.17 bits per heavy atom. The van der Waals surface area contributed by atoms with Gasteiger partial charge in [0, 0.05) is 0 Å². The molecule has 1 nitrogen and oxygen atoms in total. The molecule has 0 aliphatic heterocycles. The Balaban J connectivity index is 1.92. The lowest BCUT2D eigenvalue weighted by molar-refractivity contribution is 0.0934. The molecular weight excluding hydrogens is 220 g/mol. The zero-order valence-electron chi connectivity index (χ0n) is 11.9. The molecule has 18 heavy (non-hydrogen) atoms. The maximum absolute atomic E-state index is 5.97. The predicted octanol–water partition coefficient (Wildman–Crippen LogP) is 4.77. The van der Waals surface area contributed by atoms with Gasteiger partial charge >= 0.3 is 0 Å². The molecule has 1 heteroatoms. The van der Waals surface area contributed by atoms with Gasteiger partial charge < -0.3 is 4.74 Å². The van der Waals surface area contributed by atoms with E-state index in [-0.39, 0.29) is 0 Å². The number of rotatable bonds is 4. The van der Waals surface area contributed by atoms with E-state index in [0.717, 1.165) is 36.0 Å². The molecule has 1 aromatic rings. The summed E-state index contributed by atoms with van der Waals surface area (Å²) in [6.45, 7) is 7.98. The summed E-state index contributed by atoms with van der Waals surface area (Å²) >= 11 is 0. The van der Waals surface area contributed by atoms with Gasteiger partial charge in [0.05, 0.1) is 6.61 Å². The molecule has 0 aromatic heterocycles. The largest absolute Gasteiger partial charge is 0.493 e. The lowest BCUT2D eigenvalue weighted by atomic mass is 9.70. The van der Waals surface area contributed by atoms with Crippen molar-refractivity contribution in [3.63, 3.8) is 0 Å². The molecule has 1 saturated carbocycles. The maximum atomic E-state index is 5.97. The Kier molecular flexibility index (Phi) is 4.68. The van der Waals surface area contributed by atoms with Crippen molar-refractivity contribution >= 4 is 0 Å². The first-order chi connectivity index (χ1) is 8.66. The van der Waals surface area contributed by atoms with E-state index in [1.54, 1.807) is 0 Å². The third-order valence-corrected chi connectivity index (χ3v) is 4.37. The smallest absolute Gasteiger partial charge is 0.119 e. The van der Waals surface area contributed by atoms with E-state index in [1.807, 2.05) is 18.2 Å². The van der Waals surface area contributed by atoms with Crippen LogP contribution in [0.3, 0.4) is 0 Å². The highest BCUT2D eigenvalue weighted by molar-refractivity contribution is 5.20. The van der Waals surface area contributed by atoms with Gasteiger partial charge in [0.1, 0.15) is 5.75 Å². The fraction of sp³-hybridized carbons (Fsp3) is 0.647. The zero-order chi connectivity index (χ0) is 13.0. The Hall–Kier alpha value is -0.980. The van der Waals surface area contributed by atoms with Crippen molar-refractivity contribution in [1.82, 2.24) is 0 Å². The highest BCUT2D eigenvalue weighted by Gasteiger charge is 2.30. The average molecular weight is 246 g/mol. The maximum Gasteiger partial charge on any atom is 0.119 e. The van der Waals surface area contributed by atoms with Crippen LogP contribution in [0.2, 0.25) is 0 Å². The van der Waals surface area contributed by atoms with Crippen LogP contribution in [0.4, 0.5) is 0 Å². The minimum atomic E-state index is 0.731. The van der Waals surface area contributed by atoms with Crippen LogP contribution >= 0.6 is 0 Å². The summed E-state index contributed by atoms with van der Waals surface area (Å²) in [5.74, 6) is 4.23. The van der Waals surface area contributed by atoms with E-state index in [2.05, 4.69) is 32.9 Å². The Morgan fingerprint density at radius 3 is 2.56 bits per heavy atom. The highest BCUT2D eigenvalue weighted by Crippen LogP contribution is 2.38. The standard InChI is InChI=1S/C17H26O/c1-13(2)17-10-9-14(3)11-15(17)12-18-16-7-5-4-6-8-16/h4-8,13-15,17H,9-12H2,1-3H3. The molecule has 1 aliphatic carbocycles. The van der Waals surface area contributed by atoms with Crippen LogP contribution in [0.25, 0.3) is 0 Å². The molecule has 100 valence electrons. The molecule has 0 heterocycles. The van der Waals surface area contributed by atoms with Gasteiger partial charge in [-0.15, -0.1) is 0 Å².